The molecule has 30 heavy (non-hydrogen) atoms. The van der Waals surface area contributed by atoms with Crippen LogP contribution in [0.15, 0.2) is 103 Å². The van der Waals surface area contributed by atoms with Crippen molar-refractivity contribution in [3.8, 4) is 0 Å². The minimum atomic E-state index is -3.14. The van der Waals surface area contributed by atoms with E-state index in [-0.39, 0.29) is 0 Å². The van der Waals surface area contributed by atoms with E-state index in [1.54, 1.807) is 0 Å². The molecule has 0 fully saturated rings. The van der Waals surface area contributed by atoms with Crippen LogP contribution in [0.2, 0.25) is 0 Å². The second kappa shape index (κ2) is 11.3. The Labute approximate surface area is 195 Å². The minimum absolute atomic E-state index is 0.826. The molecule has 3 aromatic carbocycles. The van der Waals surface area contributed by atoms with Crippen LogP contribution in [-0.4, -0.2) is 11.5 Å². The standard InChI is InChI=1S/C27H31BrClP/c28-23-15-4-2-1-3-5-16-24-30(29,25-17-9-6-10-18-25,26-19-11-7-12-20-26)27-21-13-8-14-22-27/h5-14,16-22H,1-4,15,23-24H2. The Morgan fingerprint density at radius 1 is 0.600 bits per heavy atom. The number of hydrogen-bond acceptors (Lipinski definition) is 0. The predicted molar refractivity (Wildman–Crippen MR) is 142 cm³/mol. The van der Waals surface area contributed by atoms with Crippen molar-refractivity contribution in [3.05, 3.63) is 103 Å². The Balaban J connectivity index is 2.00. The summed E-state index contributed by atoms with van der Waals surface area (Å²) in [5.41, 5.74) is 0. The van der Waals surface area contributed by atoms with Gasteiger partial charge >= 0.3 is 196 Å². The second-order valence-corrected chi connectivity index (χ2v) is 15.0. The summed E-state index contributed by atoms with van der Waals surface area (Å²) < 4.78 is 0. The van der Waals surface area contributed by atoms with Crippen LogP contribution >= 0.6 is 33.1 Å². The SMILES string of the molecule is ClP(CC=CCCCCCCBr)(c1ccccc1)(c1ccccc1)c1ccccc1. The second-order valence-electron chi connectivity index (χ2n) is 7.74. The van der Waals surface area contributed by atoms with E-state index in [0.717, 1.165) is 17.9 Å². The first kappa shape index (κ1) is 23.3. The van der Waals surface area contributed by atoms with Crippen LogP contribution in [0.25, 0.3) is 0 Å². The van der Waals surface area contributed by atoms with Crippen molar-refractivity contribution in [1.82, 2.24) is 0 Å². The van der Waals surface area contributed by atoms with Gasteiger partial charge in [-0.3, -0.25) is 0 Å². The summed E-state index contributed by atoms with van der Waals surface area (Å²) in [7, 11) is 0. The Bertz CT molecular complexity index is 810. The van der Waals surface area contributed by atoms with E-state index in [9.17, 15) is 0 Å². The van der Waals surface area contributed by atoms with Crippen molar-refractivity contribution in [1.29, 1.82) is 0 Å². The molecular formula is C27H31BrClP. The summed E-state index contributed by atoms with van der Waals surface area (Å²) >= 11 is 11.5. The summed E-state index contributed by atoms with van der Waals surface area (Å²) in [4.78, 5) is 0. The molecule has 0 aliphatic rings. The van der Waals surface area contributed by atoms with Gasteiger partial charge in [0.25, 0.3) is 0 Å². The summed E-state index contributed by atoms with van der Waals surface area (Å²) in [6.07, 6.45) is 11.7. The third kappa shape index (κ3) is 5.08. The van der Waals surface area contributed by atoms with Gasteiger partial charge in [0.1, 0.15) is 0 Å². The number of unbranched alkanes of at least 4 members (excludes halogenated alkanes) is 4. The molecule has 0 amide bonds. The van der Waals surface area contributed by atoms with E-state index in [1.165, 1.54) is 41.6 Å². The van der Waals surface area contributed by atoms with Crippen molar-refractivity contribution in [2.45, 2.75) is 32.1 Å². The molecule has 0 unspecified atom stereocenters. The van der Waals surface area contributed by atoms with E-state index in [1.807, 2.05) is 0 Å². The van der Waals surface area contributed by atoms with Gasteiger partial charge in [-0.2, -0.15) is 0 Å². The van der Waals surface area contributed by atoms with Gasteiger partial charge in [-0.25, -0.2) is 0 Å². The molecule has 3 rings (SSSR count). The fraction of sp³-hybridized carbons (Fsp3) is 0.259. The van der Waals surface area contributed by atoms with Gasteiger partial charge in [0.2, 0.25) is 0 Å². The van der Waals surface area contributed by atoms with E-state index in [0.29, 0.717) is 0 Å². The van der Waals surface area contributed by atoms with Crippen molar-refractivity contribution < 1.29 is 0 Å². The topological polar surface area (TPSA) is 0 Å². The molecule has 3 heteroatoms. The number of benzene rings is 3. The number of alkyl halides is 1. The van der Waals surface area contributed by atoms with Crippen molar-refractivity contribution in [2.75, 3.05) is 11.5 Å². The molecule has 0 aliphatic carbocycles. The van der Waals surface area contributed by atoms with Crippen LogP contribution in [0.5, 0.6) is 0 Å². The first-order valence-corrected chi connectivity index (χ1v) is 15.3. The zero-order chi connectivity index (χ0) is 21.1. The van der Waals surface area contributed by atoms with Gasteiger partial charge < -0.3 is 0 Å². The first-order chi connectivity index (χ1) is 14.7. The molecule has 0 atom stereocenters. The first-order valence-electron chi connectivity index (χ1n) is 10.8. The molecule has 0 saturated heterocycles. The Hall–Kier alpha value is -1.40. The van der Waals surface area contributed by atoms with E-state index in [2.05, 4.69) is 119 Å². The molecule has 0 aromatic heterocycles. The Kier molecular flexibility index (Phi) is 8.75. The maximum atomic E-state index is 8.03. The fourth-order valence-corrected chi connectivity index (χ4v) is 10.2. The van der Waals surface area contributed by atoms with Crippen LogP contribution in [0.3, 0.4) is 0 Å². The molecule has 0 heterocycles. The average molecular weight is 502 g/mol. The zero-order valence-electron chi connectivity index (χ0n) is 17.5. The predicted octanol–water partition coefficient (Wildman–Crippen LogP) is 7.57. The quantitative estimate of drug-likeness (QED) is 0.110. The van der Waals surface area contributed by atoms with Crippen molar-refractivity contribution >= 4 is 49.0 Å². The molecule has 0 saturated carbocycles. The Morgan fingerprint density at radius 3 is 1.47 bits per heavy atom. The average Bonchev–Trinajstić information content (AvgIpc) is 2.82. The van der Waals surface area contributed by atoms with E-state index < -0.39 is 5.96 Å². The van der Waals surface area contributed by atoms with Crippen LogP contribution < -0.4 is 15.9 Å². The molecule has 0 spiro atoms. The zero-order valence-corrected chi connectivity index (χ0v) is 20.7. The van der Waals surface area contributed by atoms with Crippen molar-refractivity contribution in [2.24, 2.45) is 0 Å². The molecule has 0 bridgehead atoms. The van der Waals surface area contributed by atoms with Crippen LogP contribution in [0.1, 0.15) is 32.1 Å². The normalized spacial score (nSPS) is 13.2. The van der Waals surface area contributed by atoms with Crippen LogP contribution in [0, 0.1) is 0 Å². The molecule has 0 N–H and O–H groups in total. The molecule has 0 nitrogen and oxygen atoms in total. The maximum absolute atomic E-state index is 8.03. The number of rotatable bonds is 11. The summed E-state index contributed by atoms with van der Waals surface area (Å²) in [5.74, 6) is -3.14. The van der Waals surface area contributed by atoms with Gasteiger partial charge in [0.05, 0.1) is 0 Å². The number of allylic oxidation sites excluding steroid dienone is 2. The third-order valence-corrected chi connectivity index (χ3v) is 13.5. The third-order valence-electron chi connectivity index (χ3n) is 5.75. The van der Waals surface area contributed by atoms with Crippen molar-refractivity contribution in [3.63, 3.8) is 0 Å². The summed E-state index contributed by atoms with van der Waals surface area (Å²) in [6.45, 7) is 0. The number of halogens is 2. The molecule has 0 aliphatic heterocycles. The van der Waals surface area contributed by atoms with Gasteiger partial charge in [0.15, 0.2) is 0 Å². The van der Waals surface area contributed by atoms with Gasteiger partial charge in [-0.15, -0.1) is 0 Å². The van der Waals surface area contributed by atoms with Gasteiger partial charge in [-0.1, -0.05) is 0 Å². The van der Waals surface area contributed by atoms with E-state index >= 15 is 0 Å². The number of hydrogen-bond donors (Lipinski definition) is 0. The van der Waals surface area contributed by atoms with Gasteiger partial charge in [-0.05, 0) is 0 Å². The molecular weight excluding hydrogens is 471 g/mol. The van der Waals surface area contributed by atoms with E-state index in [4.69, 9.17) is 11.2 Å². The summed E-state index contributed by atoms with van der Waals surface area (Å²) in [5, 5.41) is 4.79. The molecule has 3 aromatic rings. The fourth-order valence-electron chi connectivity index (χ4n) is 4.08. The Morgan fingerprint density at radius 2 is 1.03 bits per heavy atom. The van der Waals surface area contributed by atoms with Gasteiger partial charge in [0, 0.05) is 0 Å². The monoisotopic (exact) mass is 500 g/mol. The molecule has 0 radical (unpaired) electrons. The van der Waals surface area contributed by atoms with Crippen LogP contribution in [-0.2, 0) is 0 Å². The van der Waals surface area contributed by atoms with Crippen LogP contribution in [0.4, 0.5) is 0 Å². The molecule has 158 valence electrons. The summed E-state index contributed by atoms with van der Waals surface area (Å²) in [6, 6.07) is 32.1.